The Morgan fingerprint density at radius 3 is 2.89 bits per heavy atom. The Hall–Kier alpha value is -2.13. The highest BCUT2D eigenvalue weighted by atomic mass is 16.6. The number of hydrogen-bond acceptors (Lipinski definition) is 5. The minimum atomic E-state index is -0.543. The molecule has 0 amide bonds. The van der Waals surface area contributed by atoms with Gasteiger partial charge in [0.15, 0.2) is 5.75 Å². The Kier molecular flexibility index (Phi) is 5.08. The third-order valence-electron chi connectivity index (χ3n) is 2.36. The van der Waals surface area contributed by atoms with E-state index >= 15 is 0 Å². The van der Waals surface area contributed by atoms with E-state index in [-0.39, 0.29) is 22.9 Å². The van der Waals surface area contributed by atoms with Crippen LogP contribution in [0.3, 0.4) is 0 Å². The second-order valence-corrected chi connectivity index (χ2v) is 4.03. The van der Waals surface area contributed by atoms with Gasteiger partial charge in [-0.15, -0.1) is 0 Å². The third kappa shape index (κ3) is 3.71. The van der Waals surface area contributed by atoms with E-state index < -0.39 is 4.92 Å². The molecule has 0 fully saturated rings. The molecule has 6 nitrogen and oxygen atoms in total. The van der Waals surface area contributed by atoms with Crippen LogP contribution in [0.4, 0.5) is 5.69 Å². The summed E-state index contributed by atoms with van der Waals surface area (Å²) in [6.07, 6.45) is 0. The van der Waals surface area contributed by atoms with E-state index in [0.717, 1.165) is 6.54 Å². The molecule has 1 rings (SSSR count). The van der Waals surface area contributed by atoms with Crippen LogP contribution in [0.2, 0.25) is 0 Å². The van der Waals surface area contributed by atoms with Gasteiger partial charge in [0.25, 0.3) is 0 Å². The first-order valence-corrected chi connectivity index (χ1v) is 5.54. The van der Waals surface area contributed by atoms with Crippen molar-refractivity contribution in [1.82, 2.24) is 5.32 Å². The molecular formula is C12H15N3O3. The monoisotopic (exact) mass is 249 g/mol. The van der Waals surface area contributed by atoms with Crippen LogP contribution in [0, 0.1) is 27.4 Å². The van der Waals surface area contributed by atoms with Crippen molar-refractivity contribution in [1.29, 1.82) is 5.26 Å². The van der Waals surface area contributed by atoms with Crippen LogP contribution >= 0.6 is 0 Å². The fourth-order valence-electron chi connectivity index (χ4n) is 1.49. The van der Waals surface area contributed by atoms with Crippen molar-refractivity contribution in [2.75, 3.05) is 20.2 Å². The topological polar surface area (TPSA) is 88.2 Å². The van der Waals surface area contributed by atoms with Crippen LogP contribution < -0.4 is 10.1 Å². The smallest absolute Gasteiger partial charge is 0.312 e. The number of nitro benzene ring substituents is 1. The third-order valence-corrected chi connectivity index (χ3v) is 2.36. The first kappa shape index (κ1) is 13.9. The summed E-state index contributed by atoms with van der Waals surface area (Å²) in [4.78, 5) is 10.3. The van der Waals surface area contributed by atoms with Gasteiger partial charge in [-0.3, -0.25) is 10.1 Å². The van der Waals surface area contributed by atoms with Gasteiger partial charge in [0.05, 0.1) is 23.2 Å². The quantitative estimate of drug-likeness (QED) is 0.612. The van der Waals surface area contributed by atoms with Crippen molar-refractivity contribution in [2.24, 2.45) is 5.92 Å². The predicted molar refractivity (Wildman–Crippen MR) is 66.4 cm³/mol. The molecule has 96 valence electrons. The van der Waals surface area contributed by atoms with E-state index in [4.69, 9.17) is 10.00 Å². The Balaban J connectivity index is 2.82. The minimum Gasteiger partial charge on any atom is -0.486 e. The van der Waals surface area contributed by atoms with E-state index in [2.05, 4.69) is 5.32 Å². The molecule has 1 aromatic carbocycles. The van der Waals surface area contributed by atoms with Crippen molar-refractivity contribution in [3.05, 3.63) is 33.9 Å². The fraction of sp³-hybridized carbons (Fsp3) is 0.417. The minimum absolute atomic E-state index is 0.175. The van der Waals surface area contributed by atoms with Gasteiger partial charge in [0, 0.05) is 18.5 Å². The van der Waals surface area contributed by atoms with Crippen molar-refractivity contribution in [3.8, 4) is 11.8 Å². The van der Waals surface area contributed by atoms with Crippen molar-refractivity contribution in [3.63, 3.8) is 0 Å². The van der Waals surface area contributed by atoms with Crippen LogP contribution in [0.5, 0.6) is 5.75 Å². The lowest BCUT2D eigenvalue weighted by Crippen LogP contribution is -2.21. The lowest BCUT2D eigenvalue weighted by molar-refractivity contribution is -0.385. The number of nitrogens with one attached hydrogen (secondary N) is 1. The van der Waals surface area contributed by atoms with Gasteiger partial charge in [0.2, 0.25) is 0 Å². The first-order chi connectivity index (χ1) is 8.58. The van der Waals surface area contributed by atoms with E-state index in [0.29, 0.717) is 6.61 Å². The maximum Gasteiger partial charge on any atom is 0.312 e. The van der Waals surface area contributed by atoms with Crippen molar-refractivity contribution >= 4 is 5.69 Å². The number of rotatable bonds is 6. The van der Waals surface area contributed by atoms with E-state index in [1.807, 2.05) is 20.0 Å². The second kappa shape index (κ2) is 6.57. The number of nitrogens with zero attached hydrogens (tertiary/aromatic N) is 2. The van der Waals surface area contributed by atoms with Crippen LogP contribution in [0.1, 0.15) is 12.5 Å². The summed E-state index contributed by atoms with van der Waals surface area (Å²) >= 11 is 0. The van der Waals surface area contributed by atoms with E-state index in [9.17, 15) is 10.1 Å². The zero-order valence-corrected chi connectivity index (χ0v) is 10.3. The number of benzene rings is 1. The predicted octanol–water partition coefficient (Wildman–Crippen LogP) is 1.70. The summed E-state index contributed by atoms with van der Waals surface area (Å²) in [5.41, 5.74) is 0.0723. The summed E-state index contributed by atoms with van der Waals surface area (Å²) in [6.45, 7) is 3.13. The lowest BCUT2D eigenvalue weighted by atomic mass is 10.2. The Morgan fingerprint density at radius 1 is 1.61 bits per heavy atom. The highest BCUT2D eigenvalue weighted by Crippen LogP contribution is 2.28. The standard InChI is InChI=1S/C12H15N3O3/c1-9(7-14-2)8-18-12-4-3-10(6-13)5-11(12)15(16)17/h3-5,9,14H,7-8H2,1-2H3. The normalized spacial score (nSPS) is 11.6. The van der Waals surface area contributed by atoms with E-state index in [1.54, 1.807) is 0 Å². The summed E-state index contributed by atoms with van der Waals surface area (Å²) < 4.78 is 5.42. The zero-order chi connectivity index (χ0) is 13.5. The zero-order valence-electron chi connectivity index (χ0n) is 10.3. The Morgan fingerprint density at radius 2 is 2.33 bits per heavy atom. The molecular weight excluding hydrogens is 234 g/mol. The number of nitriles is 1. The van der Waals surface area contributed by atoms with Gasteiger partial charge in [-0.05, 0) is 19.2 Å². The summed E-state index contributed by atoms with van der Waals surface area (Å²) in [5.74, 6) is 0.437. The molecule has 18 heavy (non-hydrogen) atoms. The number of nitro groups is 1. The van der Waals surface area contributed by atoms with Gasteiger partial charge in [-0.1, -0.05) is 6.92 Å². The van der Waals surface area contributed by atoms with Gasteiger partial charge < -0.3 is 10.1 Å². The first-order valence-electron chi connectivity index (χ1n) is 5.54. The summed E-state index contributed by atoms with van der Waals surface area (Å²) in [5, 5.41) is 22.6. The SMILES string of the molecule is CNCC(C)COc1ccc(C#N)cc1[N+](=O)[O-]. The molecule has 1 unspecified atom stereocenters. The molecule has 0 aliphatic heterocycles. The molecule has 0 aromatic heterocycles. The molecule has 0 saturated carbocycles. The van der Waals surface area contributed by atoms with Crippen LogP contribution in [0.25, 0.3) is 0 Å². The average molecular weight is 249 g/mol. The van der Waals surface area contributed by atoms with Crippen LogP contribution in [-0.2, 0) is 0 Å². The highest BCUT2D eigenvalue weighted by molar-refractivity contribution is 5.51. The second-order valence-electron chi connectivity index (χ2n) is 4.03. The molecule has 0 saturated heterocycles. The molecule has 6 heteroatoms. The molecule has 1 atom stereocenters. The molecule has 0 bridgehead atoms. The van der Waals surface area contributed by atoms with Gasteiger partial charge in [0.1, 0.15) is 0 Å². The average Bonchev–Trinajstić information content (AvgIpc) is 2.36. The van der Waals surface area contributed by atoms with Crippen LogP contribution in [0.15, 0.2) is 18.2 Å². The summed E-state index contributed by atoms with van der Waals surface area (Å²) in [7, 11) is 1.83. The lowest BCUT2D eigenvalue weighted by Gasteiger charge is -2.12. The maximum absolute atomic E-state index is 10.9. The fourth-order valence-corrected chi connectivity index (χ4v) is 1.49. The molecule has 0 aliphatic carbocycles. The largest absolute Gasteiger partial charge is 0.486 e. The summed E-state index contributed by atoms with van der Waals surface area (Å²) in [6, 6.07) is 6.05. The van der Waals surface area contributed by atoms with Crippen LogP contribution in [-0.4, -0.2) is 25.1 Å². The van der Waals surface area contributed by atoms with Gasteiger partial charge >= 0.3 is 5.69 Å². The van der Waals surface area contributed by atoms with Crippen molar-refractivity contribution in [2.45, 2.75) is 6.92 Å². The maximum atomic E-state index is 10.9. The van der Waals surface area contributed by atoms with E-state index in [1.165, 1.54) is 18.2 Å². The molecule has 1 N–H and O–H groups in total. The molecule has 0 aliphatic rings. The van der Waals surface area contributed by atoms with Crippen molar-refractivity contribution < 1.29 is 9.66 Å². The Bertz CT molecular complexity index is 468. The number of hydrogen-bond donors (Lipinski definition) is 1. The Labute approximate surface area is 105 Å². The highest BCUT2D eigenvalue weighted by Gasteiger charge is 2.16. The molecule has 0 radical (unpaired) electrons. The molecule has 0 heterocycles. The molecule has 0 spiro atoms. The van der Waals surface area contributed by atoms with Gasteiger partial charge in [-0.2, -0.15) is 5.26 Å². The number of ether oxygens (including phenoxy) is 1. The molecule has 1 aromatic rings. The van der Waals surface area contributed by atoms with Gasteiger partial charge in [-0.25, -0.2) is 0 Å².